The van der Waals surface area contributed by atoms with Gasteiger partial charge in [-0.25, -0.2) is 8.42 Å². The Kier molecular flexibility index (Phi) is 11.2. The second kappa shape index (κ2) is 14.4. The molecule has 0 aliphatic carbocycles. The van der Waals surface area contributed by atoms with E-state index in [1.807, 2.05) is 52.0 Å². The summed E-state index contributed by atoms with van der Waals surface area (Å²) in [5, 5.41) is 3.12. The maximum Gasteiger partial charge on any atom is 0.264 e. The Labute approximate surface area is 248 Å². The number of aryl methyl sites for hydroxylation is 1. The first kappa shape index (κ1) is 32.0. The van der Waals surface area contributed by atoms with Crippen LogP contribution in [0.1, 0.15) is 38.3 Å². The average Bonchev–Trinajstić information content (AvgIpc) is 2.95. The Morgan fingerprint density at radius 2 is 1.66 bits per heavy atom. The van der Waals surface area contributed by atoms with E-state index in [0.29, 0.717) is 18.7 Å². The van der Waals surface area contributed by atoms with Crippen LogP contribution in [0.5, 0.6) is 5.75 Å². The second-order valence-electron chi connectivity index (χ2n) is 10.2. The number of anilines is 1. The van der Waals surface area contributed by atoms with Crippen LogP contribution >= 0.6 is 11.6 Å². The van der Waals surface area contributed by atoms with Crippen molar-refractivity contribution in [2.45, 2.75) is 51.6 Å². The van der Waals surface area contributed by atoms with Gasteiger partial charge < -0.3 is 15.0 Å². The molecule has 0 aliphatic heterocycles. The molecule has 0 unspecified atom stereocenters. The minimum Gasteiger partial charge on any atom is -0.495 e. The molecule has 2 amide bonds. The van der Waals surface area contributed by atoms with Gasteiger partial charge in [-0.15, -0.1) is 0 Å². The summed E-state index contributed by atoms with van der Waals surface area (Å²) in [6, 6.07) is 19.3. The lowest BCUT2D eigenvalue weighted by atomic mass is 10.1. The summed E-state index contributed by atoms with van der Waals surface area (Å²) in [4.78, 5) is 28.9. The highest BCUT2D eigenvalue weighted by molar-refractivity contribution is 7.92. The zero-order valence-electron chi connectivity index (χ0n) is 24.1. The van der Waals surface area contributed by atoms with Gasteiger partial charge in [-0.2, -0.15) is 0 Å². The van der Waals surface area contributed by atoms with Crippen molar-refractivity contribution in [3.05, 3.63) is 88.9 Å². The van der Waals surface area contributed by atoms with Gasteiger partial charge in [0.1, 0.15) is 18.3 Å². The van der Waals surface area contributed by atoms with Crippen molar-refractivity contribution in [1.82, 2.24) is 10.2 Å². The van der Waals surface area contributed by atoms with Gasteiger partial charge in [0, 0.05) is 13.1 Å². The third kappa shape index (κ3) is 8.24. The van der Waals surface area contributed by atoms with Crippen LogP contribution in [0.4, 0.5) is 5.69 Å². The summed E-state index contributed by atoms with van der Waals surface area (Å²) < 4.78 is 34.1. The maximum atomic E-state index is 14.1. The third-order valence-electron chi connectivity index (χ3n) is 6.58. The molecule has 3 rings (SSSR count). The van der Waals surface area contributed by atoms with Crippen LogP contribution in [0.25, 0.3) is 0 Å². The van der Waals surface area contributed by atoms with Gasteiger partial charge in [0.15, 0.2) is 0 Å². The summed E-state index contributed by atoms with van der Waals surface area (Å²) in [7, 11) is -2.73. The highest BCUT2D eigenvalue weighted by Gasteiger charge is 2.34. The molecular weight excluding hydrogens is 562 g/mol. The number of amides is 2. The summed E-state index contributed by atoms with van der Waals surface area (Å²) >= 11 is 6.37. The number of halogens is 1. The van der Waals surface area contributed by atoms with Crippen molar-refractivity contribution in [3.63, 3.8) is 0 Å². The van der Waals surface area contributed by atoms with Crippen LogP contribution in [-0.2, 0) is 26.2 Å². The van der Waals surface area contributed by atoms with Crippen LogP contribution in [0, 0.1) is 12.8 Å². The molecule has 1 N–H and O–H groups in total. The molecule has 0 spiro atoms. The zero-order valence-corrected chi connectivity index (χ0v) is 25.7. The van der Waals surface area contributed by atoms with Gasteiger partial charge in [-0.3, -0.25) is 13.9 Å². The van der Waals surface area contributed by atoms with Gasteiger partial charge in [0.05, 0.1) is 22.7 Å². The van der Waals surface area contributed by atoms with Crippen LogP contribution in [0.15, 0.2) is 77.7 Å². The van der Waals surface area contributed by atoms with E-state index in [4.69, 9.17) is 16.3 Å². The van der Waals surface area contributed by atoms with Crippen molar-refractivity contribution in [2.75, 3.05) is 24.5 Å². The van der Waals surface area contributed by atoms with Crippen LogP contribution < -0.4 is 14.4 Å². The number of carbonyl (C=O) groups excluding carboxylic acids is 2. The minimum absolute atomic E-state index is 0.0199. The van der Waals surface area contributed by atoms with Gasteiger partial charge in [-0.05, 0) is 55.2 Å². The molecule has 0 aliphatic rings. The van der Waals surface area contributed by atoms with E-state index in [1.54, 1.807) is 24.3 Å². The van der Waals surface area contributed by atoms with E-state index in [-0.39, 0.29) is 34.0 Å². The molecule has 0 saturated carbocycles. The lowest BCUT2D eigenvalue weighted by molar-refractivity contribution is -0.140. The molecular formula is C31H38ClN3O5S. The molecule has 10 heteroatoms. The van der Waals surface area contributed by atoms with Crippen molar-refractivity contribution in [3.8, 4) is 5.75 Å². The fourth-order valence-electron chi connectivity index (χ4n) is 4.29. The number of sulfonamides is 1. The van der Waals surface area contributed by atoms with E-state index >= 15 is 0 Å². The molecule has 0 bridgehead atoms. The highest BCUT2D eigenvalue weighted by atomic mass is 35.5. The van der Waals surface area contributed by atoms with Gasteiger partial charge in [0.25, 0.3) is 10.0 Å². The fourth-order valence-corrected chi connectivity index (χ4v) is 5.97. The number of nitrogens with zero attached hydrogens (tertiary/aromatic N) is 2. The molecule has 0 radical (unpaired) electrons. The number of hydrogen-bond acceptors (Lipinski definition) is 5. The summed E-state index contributed by atoms with van der Waals surface area (Å²) in [5.74, 6) is -0.216. The molecule has 3 aromatic carbocycles. The smallest absolute Gasteiger partial charge is 0.264 e. The lowest BCUT2D eigenvalue weighted by Gasteiger charge is -2.33. The van der Waals surface area contributed by atoms with E-state index in [9.17, 15) is 18.0 Å². The Balaban J connectivity index is 2.06. The molecule has 0 saturated heterocycles. The highest BCUT2D eigenvalue weighted by Crippen LogP contribution is 2.32. The van der Waals surface area contributed by atoms with E-state index in [2.05, 4.69) is 5.32 Å². The minimum atomic E-state index is -4.19. The molecule has 0 heterocycles. The fraction of sp³-hybridized carbons (Fsp3) is 0.355. The number of nitrogens with one attached hydrogen (secondary N) is 1. The number of benzene rings is 3. The van der Waals surface area contributed by atoms with Gasteiger partial charge >= 0.3 is 0 Å². The normalized spacial score (nSPS) is 12.1. The SMILES string of the molecule is CC[C@H](C(=O)NCC(C)C)N(Cc1ccc(C)cc1)C(=O)CN(c1ccc(OC)c(Cl)c1)S(=O)(=O)c1ccccc1. The van der Waals surface area contributed by atoms with E-state index < -0.39 is 28.5 Å². The lowest BCUT2D eigenvalue weighted by Crippen LogP contribution is -2.52. The number of ether oxygens (including phenoxy) is 1. The average molecular weight is 600 g/mol. The molecule has 0 fully saturated rings. The summed E-state index contributed by atoms with van der Waals surface area (Å²) in [6.07, 6.45) is 0.349. The summed E-state index contributed by atoms with van der Waals surface area (Å²) in [5.41, 5.74) is 2.08. The quantitative estimate of drug-likeness (QED) is 0.283. The van der Waals surface area contributed by atoms with E-state index in [1.165, 1.54) is 36.3 Å². The van der Waals surface area contributed by atoms with Gasteiger partial charge in [-0.1, -0.05) is 80.4 Å². The standard InChI is InChI=1S/C31H38ClN3O5S/c1-6-28(31(37)33-19-22(2)3)34(20-24-14-12-23(4)13-15-24)30(36)21-35(25-16-17-29(40-5)27(32)18-25)41(38,39)26-10-8-7-9-11-26/h7-18,22,28H,6,19-21H2,1-5H3,(H,33,37)/t28-/m1/s1. The first-order valence-corrected chi connectivity index (χ1v) is 15.3. The van der Waals surface area contributed by atoms with E-state index in [0.717, 1.165) is 15.4 Å². The van der Waals surface area contributed by atoms with Gasteiger partial charge in [0.2, 0.25) is 11.8 Å². The number of methoxy groups -OCH3 is 1. The number of hydrogen-bond donors (Lipinski definition) is 1. The van der Waals surface area contributed by atoms with Crippen molar-refractivity contribution in [1.29, 1.82) is 0 Å². The van der Waals surface area contributed by atoms with Crippen molar-refractivity contribution in [2.24, 2.45) is 5.92 Å². The maximum absolute atomic E-state index is 14.1. The van der Waals surface area contributed by atoms with Crippen molar-refractivity contribution >= 4 is 39.1 Å². The molecule has 1 atom stereocenters. The largest absolute Gasteiger partial charge is 0.495 e. The van der Waals surface area contributed by atoms with Crippen LogP contribution in [0.3, 0.4) is 0 Å². The Bertz CT molecular complexity index is 1430. The molecule has 41 heavy (non-hydrogen) atoms. The Morgan fingerprint density at radius 3 is 2.22 bits per heavy atom. The zero-order chi connectivity index (χ0) is 30.2. The first-order chi connectivity index (χ1) is 19.5. The molecule has 220 valence electrons. The predicted octanol–water partition coefficient (Wildman–Crippen LogP) is 5.43. The van der Waals surface area contributed by atoms with Crippen LogP contribution in [0.2, 0.25) is 5.02 Å². The third-order valence-corrected chi connectivity index (χ3v) is 8.66. The molecule has 0 aromatic heterocycles. The number of rotatable bonds is 13. The monoisotopic (exact) mass is 599 g/mol. The van der Waals surface area contributed by atoms with Crippen LogP contribution in [-0.4, -0.2) is 51.4 Å². The number of carbonyl (C=O) groups is 2. The topological polar surface area (TPSA) is 96.0 Å². The molecule has 8 nitrogen and oxygen atoms in total. The predicted molar refractivity (Wildman–Crippen MR) is 163 cm³/mol. The Morgan fingerprint density at radius 1 is 1.00 bits per heavy atom. The van der Waals surface area contributed by atoms with Crippen molar-refractivity contribution < 1.29 is 22.7 Å². The first-order valence-electron chi connectivity index (χ1n) is 13.5. The Hall–Kier alpha value is -3.56. The summed E-state index contributed by atoms with van der Waals surface area (Å²) in [6.45, 7) is 7.82. The molecule has 3 aromatic rings. The second-order valence-corrected chi connectivity index (χ2v) is 12.5.